The molecule has 1 rings (SSSR count). The summed E-state index contributed by atoms with van der Waals surface area (Å²) in [5.74, 6) is 0.262. The van der Waals surface area contributed by atoms with Crippen molar-refractivity contribution in [2.24, 2.45) is 0 Å². The second-order valence-corrected chi connectivity index (χ2v) is 3.98. The predicted octanol–water partition coefficient (Wildman–Crippen LogP) is 2.93. The Morgan fingerprint density at radius 2 is 2.06 bits per heavy atom. The van der Waals surface area contributed by atoms with Crippen molar-refractivity contribution < 1.29 is 14.3 Å². The van der Waals surface area contributed by atoms with Crippen molar-refractivity contribution in [3.63, 3.8) is 0 Å². The van der Waals surface area contributed by atoms with Crippen LogP contribution in [0.4, 0.5) is 0 Å². The second-order valence-electron chi connectivity index (χ2n) is 3.98. The van der Waals surface area contributed by atoms with Gasteiger partial charge in [-0.25, -0.2) is 0 Å². The van der Waals surface area contributed by atoms with E-state index in [9.17, 15) is 4.79 Å². The molecule has 4 heteroatoms. The molecule has 4 nitrogen and oxygen atoms in total. The van der Waals surface area contributed by atoms with Gasteiger partial charge < -0.3 is 9.47 Å². The number of hydrogen-bond acceptors (Lipinski definition) is 4. The Labute approximate surface area is 108 Å². The van der Waals surface area contributed by atoms with Gasteiger partial charge in [0.05, 0.1) is 25.3 Å². The molecule has 1 unspecified atom stereocenters. The highest BCUT2D eigenvalue weighted by Gasteiger charge is 2.21. The van der Waals surface area contributed by atoms with E-state index in [1.165, 1.54) is 0 Å². The largest absolute Gasteiger partial charge is 0.492 e. The average molecular weight is 251 g/mol. The van der Waals surface area contributed by atoms with Crippen LogP contribution in [0.5, 0.6) is 5.75 Å². The molecule has 0 bridgehead atoms. The fourth-order valence-electron chi connectivity index (χ4n) is 1.82. The zero-order valence-electron chi connectivity index (χ0n) is 11.3. The molecule has 0 saturated heterocycles. The average Bonchev–Trinajstić information content (AvgIpc) is 2.37. The lowest BCUT2D eigenvalue weighted by molar-refractivity contribution is -0.145. The van der Waals surface area contributed by atoms with Crippen molar-refractivity contribution in [2.75, 3.05) is 13.2 Å². The molecule has 0 saturated carbocycles. The molecule has 0 aliphatic rings. The molecule has 1 heterocycles. The highest BCUT2D eigenvalue weighted by Crippen LogP contribution is 2.25. The third-order valence-corrected chi connectivity index (χ3v) is 2.60. The van der Waals surface area contributed by atoms with Crippen molar-refractivity contribution in [2.45, 2.75) is 39.5 Å². The number of ether oxygens (including phenoxy) is 2. The molecule has 100 valence electrons. The molecule has 18 heavy (non-hydrogen) atoms. The van der Waals surface area contributed by atoms with Crippen LogP contribution in [0.2, 0.25) is 0 Å². The first-order valence-corrected chi connectivity index (χ1v) is 6.47. The van der Waals surface area contributed by atoms with E-state index < -0.39 is 0 Å². The maximum Gasteiger partial charge on any atom is 0.313 e. The number of carbonyl (C=O) groups is 1. The Kier molecular flexibility index (Phi) is 6.19. The molecule has 0 aliphatic carbocycles. The second kappa shape index (κ2) is 7.69. The van der Waals surface area contributed by atoms with E-state index in [0.29, 0.717) is 19.0 Å². The van der Waals surface area contributed by atoms with Crippen molar-refractivity contribution in [3.05, 3.63) is 24.0 Å². The van der Waals surface area contributed by atoms with Crippen LogP contribution in [0.15, 0.2) is 18.5 Å². The summed E-state index contributed by atoms with van der Waals surface area (Å²) in [7, 11) is 0. The molecule has 1 aromatic rings. The van der Waals surface area contributed by atoms with Crippen LogP contribution in [-0.4, -0.2) is 24.2 Å². The molecule has 1 atom stereocenters. The fourth-order valence-corrected chi connectivity index (χ4v) is 1.82. The summed E-state index contributed by atoms with van der Waals surface area (Å²) >= 11 is 0. The van der Waals surface area contributed by atoms with Crippen molar-refractivity contribution in [3.8, 4) is 5.75 Å². The van der Waals surface area contributed by atoms with Crippen LogP contribution in [-0.2, 0) is 9.53 Å². The predicted molar refractivity (Wildman–Crippen MR) is 69.7 cm³/mol. The number of rotatable bonds is 7. The lowest BCUT2D eigenvalue weighted by atomic mass is 9.96. The minimum atomic E-state index is -0.247. The van der Waals surface area contributed by atoms with Gasteiger partial charge in [-0.15, -0.1) is 0 Å². The van der Waals surface area contributed by atoms with Gasteiger partial charge in [-0.2, -0.15) is 0 Å². The van der Waals surface area contributed by atoms with E-state index in [4.69, 9.17) is 9.47 Å². The third-order valence-electron chi connectivity index (χ3n) is 2.60. The minimum absolute atomic E-state index is 0.185. The summed E-state index contributed by atoms with van der Waals surface area (Å²) in [6.07, 6.45) is 5.04. The summed E-state index contributed by atoms with van der Waals surface area (Å²) in [6.45, 7) is 6.77. The molecule has 0 radical (unpaired) electrons. The van der Waals surface area contributed by atoms with Crippen molar-refractivity contribution >= 4 is 5.97 Å². The normalized spacial score (nSPS) is 11.9. The molecular weight excluding hydrogens is 230 g/mol. The van der Waals surface area contributed by atoms with Gasteiger partial charge in [0.25, 0.3) is 0 Å². The van der Waals surface area contributed by atoms with E-state index in [0.717, 1.165) is 18.4 Å². The Hall–Kier alpha value is -1.58. The van der Waals surface area contributed by atoms with Gasteiger partial charge in [-0.1, -0.05) is 13.3 Å². The summed E-state index contributed by atoms with van der Waals surface area (Å²) in [5.41, 5.74) is 0.862. The molecule has 1 aromatic heterocycles. The lowest BCUT2D eigenvalue weighted by Gasteiger charge is -2.15. The number of hydrogen-bond donors (Lipinski definition) is 0. The Bertz CT molecular complexity index is 379. The third kappa shape index (κ3) is 4.02. The van der Waals surface area contributed by atoms with Gasteiger partial charge in [0.15, 0.2) is 0 Å². The Morgan fingerprint density at radius 3 is 2.67 bits per heavy atom. The van der Waals surface area contributed by atoms with Gasteiger partial charge in [0.1, 0.15) is 5.75 Å². The number of carbonyl (C=O) groups excluding carboxylic acids is 1. The number of esters is 1. The van der Waals surface area contributed by atoms with Gasteiger partial charge in [-0.05, 0) is 31.9 Å². The highest BCUT2D eigenvalue weighted by molar-refractivity contribution is 5.78. The van der Waals surface area contributed by atoms with E-state index >= 15 is 0 Å². The van der Waals surface area contributed by atoms with Gasteiger partial charge in [0, 0.05) is 6.20 Å². The quantitative estimate of drug-likeness (QED) is 0.699. The molecule has 0 amide bonds. The van der Waals surface area contributed by atoms with Crippen LogP contribution in [0, 0.1) is 0 Å². The maximum atomic E-state index is 11.9. The van der Waals surface area contributed by atoms with Gasteiger partial charge >= 0.3 is 5.97 Å². The van der Waals surface area contributed by atoms with Crippen LogP contribution in [0.25, 0.3) is 0 Å². The summed E-state index contributed by atoms with van der Waals surface area (Å²) in [5, 5.41) is 0. The lowest BCUT2D eigenvalue weighted by Crippen LogP contribution is -2.16. The van der Waals surface area contributed by atoms with Crippen molar-refractivity contribution in [1.82, 2.24) is 4.98 Å². The fraction of sp³-hybridized carbons (Fsp3) is 0.571. The summed E-state index contributed by atoms with van der Waals surface area (Å²) in [4.78, 5) is 16.0. The summed E-state index contributed by atoms with van der Waals surface area (Å²) in [6, 6.07) is 1.87. The molecule has 0 spiro atoms. The van der Waals surface area contributed by atoms with E-state index in [2.05, 4.69) is 4.98 Å². The molecule has 0 aromatic carbocycles. The highest BCUT2D eigenvalue weighted by atomic mass is 16.5. The van der Waals surface area contributed by atoms with Crippen molar-refractivity contribution in [1.29, 1.82) is 0 Å². The number of aromatic nitrogens is 1. The molecule has 0 N–H and O–H groups in total. The van der Waals surface area contributed by atoms with Crippen LogP contribution in [0.3, 0.4) is 0 Å². The van der Waals surface area contributed by atoms with Gasteiger partial charge in [-0.3, -0.25) is 9.78 Å². The van der Waals surface area contributed by atoms with E-state index in [1.54, 1.807) is 12.4 Å². The molecule has 0 fully saturated rings. The Morgan fingerprint density at radius 1 is 1.28 bits per heavy atom. The smallest absolute Gasteiger partial charge is 0.313 e. The standard InChI is InChI=1S/C14H21NO3/c1-4-7-13(14(16)18-6-3)11-8-12(17-5-2)10-15-9-11/h8-10,13H,4-7H2,1-3H3. The van der Waals surface area contributed by atoms with Crippen LogP contribution >= 0.6 is 0 Å². The van der Waals surface area contributed by atoms with Crippen LogP contribution in [0.1, 0.15) is 45.1 Å². The SMILES string of the molecule is CCCC(C(=O)OCC)c1cncc(OCC)c1. The zero-order valence-corrected chi connectivity index (χ0v) is 11.3. The molecule has 0 aliphatic heterocycles. The number of pyridine rings is 1. The van der Waals surface area contributed by atoms with E-state index in [-0.39, 0.29) is 11.9 Å². The first kappa shape index (κ1) is 14.5. The minimum Gasteiger partial charge on any atom is -0.492 e. The van der Waals surface area contributed by atoms with Gasteiger partial charge in [0.2, 0.25) is 0 Å². The van der Waals surface area contributed by atoms with E-state index in [1.807, 2.05) is 26.8 Å². The van der Waals surface area contributed by atoms with Crippen LogP contribution < -0.4 is 4.74 Å². The Balaban J connectivity index is 2.90. The first-order valence-electron chi connectivity index (χ1n) is 6.47. The monoisotopic (exact) mass is 251 g/mol. The number of nitrogens with zero attached hydrogens (tertiary/aromatic N) is 1. The topological polar surface area (TPSA) is 48.4 Å². The molecular formula is C14H21NO3. The zero-order chi connectivity index (χ0) is 13.4. The summed E-state index contributed by atoms with van der Waals surface area (Å²) < 4.78 is 10.5. The maximum absolute atomic E-state index is 11.9. The first-order chi connectivity index (χ1) is 8.72.